The molecule has 0 atom stereocenters. The van der Waals surface area contributed by atoms with E-state index in [9.17, 15) is 4.79 Å². The largest absolute Gasteiger partial charge is 0.478 e. The highest BCUT2D eigenvalue weighted by Gasteiger charge is 2.07. The van der Waals surface area contributed by atoms with Crippen molar-refractivity contribution in [3.05, 3.63) is 42.1 Å². The number of carboxylic acids is 1. The highest BCUT2D eigenvalue weighted by molar-refractivity contribution is 5.94. The van der Waals surface area contributed by atoms with E-state index in [1.807, 2.05) is 12.1 Å². The highest BCUT2D eigenvalue weighted by Crippen LogP contribution is 2.23. The van der Waals surface area contributed by atoms with Crippen LogP contribution in [-0.2, 0) is 0 Å². The molecule has 17 heavy (non-hydrogen) atoms. The molecule has 3 rings (SSSR count). The zero-order chi connectivity index (χ0) is 11.8. The molecule has 0 amide bonds. The van der Waals surface area contributed by atoms with Crippen molar-refractivity contribution in [1.29, 1.82) is 0 Å². The van der Waals surface area contributed by atoms with Crippen LogP contribution in [-0.4, -0.2) is 26.3 Å². The van der Waals surface area contributed by atoms with E-state index in [4.69, 9.17) is 5.11 Å². The molecular weight excluding hydrogens is 218 g/mol. The first-order chi connectivity index (χ1) is 8.24. The van der Waals surface area contributed by atoms with Gasteiger partial charge in [-0.1, -0.05) is 6.07 Å². The van der Waals surface area contributed by atoms with Gasteiger partial charge in [0.2, 0.25) is 0 Å². The third-order valence-corrected chi connectivity index (χ3v) is 2.66. The van der Waals surface area contributed by atoms with Gasteiger partial charge in [0.25, 0.3) is 0 Å². The average molecular weight is 227 g/mol. The minimum atomic E-state index is -0.926. The molecule has 0 radical (unpaired) electrons. The number of hydrogen-bond donors (Lipinski definition) is 3. The van der Waals surface area contributed by atoms with Crippen LogP contribution in [0.15, 0.2) is 36.5 Å². The third kappa shape index (κ3) is 1.57. The molecule has 0 aliphatic heterocycles. The normalized spacial score (nSPS) is 10.8. The number of carboxylic acid groups (broad SMARTS) is 1. The van der Waals surface area contributed by atoms with Gasteiger partial charge in [0.15, 0.2) is 0 Å². The fraction of sp³-hybridized carbons (Fsp3) is 0. The standard InChI is InChI=1S/C12H9N3O2/c16-12(17)8-2-1-7-5-11(14-10(7)6-8)9-3-4-13-15-9/h1-6,14H,(H,13,15)(H,16,17). The Balaban J connectivity index is 2.16. The van der Waals surface area contributed by atoms with Crippen molar-refractivity contribution in [2.24, 2.45) is 0 Å². The van der Waals surface area contributed by atoms with Crippen LogP contribution >= 0.6 is 0 Å². The molecule has 3 N–H and O–H groups in total. The van der Waals surface area contributed by atoms with Crippen LogP contribution in [0.3, 0.4) is 0 Å². The molecule has 3 aromatic rings. The maximum Gasteiger partial charge on any atom is 0.335 e. The van der Waals surface area contributed by atoms with Gasteiger partial charge in [0, 0.05) is 17.1 Å². The Kier molecular flexibility index (Phi) is 1.98. The van der Waals surface area contributed by atoms with Crippen molar-refractivity contribution in [2.45, 2.75) is 0 Å². The van der Waals surface area contributed by atoms with Crippen molar-refractivity contribution in [3.63, 3.8) is 0 Å². The van der Waals surface area contributed by atoms with Crippen LogP contribution in [0.4, 0.5) is 0 Å². The number of aromatic nitrogens is 3. The zero-order valence-electron chi connectivity index (χ0n) is 8.77. The summed E-state index contributed by atoms with van der Waals surface area (Å²) < 4.78 is 0. The zero-order valence-corrected chi connectivity index (χ0v) is 8.77. The van der Waals surface area contributed by atoms with Crippen LogP contribution < -0.4 is 0 Å². The molecular formula is C12H9N3O2. The minimum Gasteiger partial charge on any atom is -0.478 e. The second kappa shape index (κ2) is 3.48. The molecule has 2 aromatic heterocycles. The van der Waals surface area contributed by atoms with Crippen LogP contribution in [0.2, 0.25) is 0 Å². The molecule has 0 bridgehead atoms. The summed E-state index contributed by atoms with van der Waals surface area (Å²) >= 11 is 0. The van der Waals surface area contributed by atoms with E-state index >= 15 is 0 Å². The van der Waals surface area contributed by atoms with Crippen LogP contribution in [0.1, 0.15) is 10.4 Å². The van der Waals surface area contributed by atoms with E-state index in [-0.39, 0.29) is 5.56 Å². The number of carbonyl (C=O) groups is 1. The number of benzene rings is 1. The Morgan fingerprint density at radius 2 is 2.06 bits per heavy atom. The summed E-state index contributed by atoms with van der Waals surface area (Å²) in [5.74, 6) is -0.926. The lowest BCUT2D eigenvalue weighted by Gasteiger charge is -1.93. The van der Waals surface area contributed by atoms with E-state index < -0.39 is 5.97 Å². The molecule has 0 aliphatic rings. The molecule has 5 nitrogen and oxygen atoms in total. The first kappa shape index (κ1) is 9.65. The van der Waals surface area contributed by atoms with Crippen molar-refractivity contribution >= 4 is 16.9 Å². The summed E-state index contributed by atoms with van der Waals surface area (Å²) in [6, 6.07) is 8.80. The van der Waals surface area contributed by atoms with Crippen molar-refractivity contribution < 1.29 is 9.90 Å². The van der Waals surface area contributed by atoms with Gasteiger partial charge in [-0.05, 0) is 24.3 Å². The number of H-pyrrole nitrogens is 2. The second-order valence-corrected chi connectivity index (χ2v) is 3.76. The molecule has 0 fully saturated rings. The van der Waals surface area contributed by atoms with Gasteiger partial charge in [-0.2, -0.15) is 5.10 Å². The molecule has 0 unspecified atom stereocenters. The predicted octanol–water partition coefficient (Wildman–Crippen LogP) is 2.26. The van der Waals surface area contributed by atoms with Crippen molar-refractivity contribution in [1.82, 2.24) is 15.2 Å². The van der Waals surface area contributed by atoms with Crippen LogP contribution in [0.5, 0.6) is 0 Å². The van der Waals surface area contributed by atoms with Crippen LogP contribution in [0, 0.1) is 0 Å². The van der Waals surface area contributed by atoms with E-state index in [2.05, 4.69) is 15.2 Å². The van der Waals surface area contributed by atoms with Gasteiger partial charge in [-0.3, -0.25) is 5.10 Å². The molecule has 5 heteroatoms. The quantitative estimate of drug-likeness (QED) is 0.628. The van der Waals surface area contributed by atoms with Gasteiger partial charge >= 0.3 is 5.97 Å². The monoisotopic (exact) mass is 227 g/mol. The summed E-state index contributed by atoms with van der Waals surface area (Å²) in [5.41, 5.74) is 2.84. The van der Waals surface area contributed by atoms with E-state index in [0.29, 0.717) is 0 Å². The Bertz CT molecular complexity index is 683. The lowest BCUT2D eigenvalue weighted by molar-refractivity contribution is 0.0697. The Labute approximate surface area is 96.1 Å². The topological polar surface area (TPSA) is 81.8 Å². The Morgan fingerprint density at radius 3 is 2.76 bits per heavy atom. The lowest BCUT2D eigenvalue weighted by Crippen LogP contribution is -1.94. The Morgan fingerprint density at radius 1 is 1.18 bits per heavy atom. The lowest BCUT2D eigenvalue weighted by atomic mass is 10.1. The SMILES string of the molecule is O=C(O)c1ccc2cc(-c3ccn[nH]3)[nH]c2c1. The number of fused-ring (bicyclic) bond motifs is 1. The fourth-order valence-corrected chi connectivity index (χ4v) is 1.81. The maximum atomic E-state index is 10.9. The number of hydrogen-bond acceptors (Lipinski definition) is 2. The first-order valence-electron chi connectivity index (χ1n) is 5.10. The second-order valence-electron chi connectivity index (χ2n) is 3.76. The molecule has 0 saturated heterocycles. The number of rotatable bonds is 2. The van der Waals surface area contributed by atoms with Gasteiger partial charge in [-0.15, -0.1) is 0 Å². The molecule has 0 spiro atoms. The molecule has 84 valence electrons. The Hall–Kier alpha value is -2.56. The first-order valence-corrected chi connectivity index (χ1v) is 5.10. The summed E-state index contributed by atoms with van der Waals surface area (Å²) in [4.78, 5) is 14.0. The number of aromatic amines is 2. The van der Waals surface area contributed by atoms with Crippen LogP contribution in [0.25, 0.3) is 22.3 Å². The summed E-state index contributed by atoms with van der Waals surface area (Å²) in [5, 5.41) is 16.6. The van der Waals surface area contributed by atoms with Gasteiger partial charge in [0.05, 0.1) is 17.0 Å². The highest BCUT2D eigenvalue weighted by atomic mass is 16.4. The number of nitrogens with zero attached hydrogens (tertiary/aromatic N) is 1. The van der Waals surface area contributed by atoms with Crippen molar-refractivity contribution in [2.75, 3.05) is 0 Å². The molecule has 0 saturated carbocycles. The molecule has 0 aliphatic carbocycles. The minimum absolute atomic E-state index is 0.274. The van der Waals surface area contributed by atoms with Gasteiger partial charge in [0.1, 0.15) is 0 Å². The summed E-state index contributed by atoms with van der Waals surface area (Å²) in [6.07, 6.45) is 1.67. The molecule has 1 aromatic carbocycles. The van der Waals surface area contributed by atoms with Gasteiger partial charge < -0.3 is 10.1 Å². The fourth-order valence-electron chi connectivity index (χ4n) is 1.81. The molecule has 2 heterocycles. The number of aromatic carboxylic acids is 1. The maximum absolute atomic E-state index is 10.9. The third-order valence-electron chi connectivity index (χ3n) is 2.66. The van der Waals surface area contributed by atoms with E-state index in [1.54, 1.807) is 24.4 Å². The summed E-state index contributed by atoms with van der Waals surface area (Å²) in [6.45, 7) is 0. The number of nitrogens with one attached hydrogen (secondary N) is 2. The van der Waals surface area contributed by atoms with Gasteiger partial charge in [-0.25, -0.2) is 4.79 Å². The summed E-state index contributed by atoms with van der Waals surface area (Å²) in [7, 11) is 0. The van der Waals surface area contributed by atoms with Crippen molar-refractivity contribution in [3.8, 4) is 11.4 Å². The van der Waals surface area contributed by atoms with E-state index in [1.165, 1.54) is 0 Å². The predicted molar refractivity (Wildman–Crippen MR) is 62.8 cm³/mol. The average Bonchev–Trinajstić information content (AvgIpc) is 2.96. The van der Waals surface area contributed by atoms with E-state index in [0.717, 1.165) is 22.3 Å². The smallest absolute Gasteiger partial charge is 0.335 e.